The summed E-state index contributed by atoms with van der Waals surface area (Å²) in [5.74, 6) is -0.644. The normalized spacial score (nSPS) is 25.5. The second kappa shape index (κ2) is 31.5. The fourth-order valence-electron chi connectivity index (χ4n) is 9.48. The lowest BCUT2D eigenvalue weighted by Gasteiger charge is -2.54. The van der Waals surface area contributed by atoms with Crippen LogP contribution in [-0.4, -0.2) is 184 Å². The summed E-state index contributed by atoms with van der Waals surface area (Å²) < 4.78 is 33.1. The summed E-state index contributed by atoms with van der Waals surface area (Å²) >= 11 is 1.80. The number of rotatable bonds is 33. The van der Waals surface area contributed by atoms with E-state index in [-0.39, 0.29) is 119 Å². The molecule has 410 valence electrons. The number of hydrogen-bond acceptors (Lipinski definition) is 14. The molecule has 0 aromatic heterocycles. The van der Waals surface area contributed by atoms with Crippen molar-refractivity contribution in [2.45, 2.75) is 146 Å². The number of carboxylic acids is 1. The van der Waals surface area contributed by atoms with Gasteiger partial charge in [0.2, 0.25) is 23.6 Å². The Kier molecular flexibility index (Phi) is 26.4. The van der Waals surface area contributed by atoms with Crippen LogP contribution >= 0.6 is 11.8 Å². The van der Waals surface area contributed by atoms with Crippen LogP contribution in [0.4, 0.5) is 9.59 Å². The van der Waals surface area contributed by atoms with Crippen molar-refractivity contribution in [1.29, 1.82) is 0 Å². The minimum Gasteiger partial charge on any atom is -0.480 e. The molecule has 0 bridgehead atoms. The lowest BCUT2D eigenvalue weighted by molar-refractivity contribution is -0.237. The van der Waals surface area contributed by atoms with Gasteiger partial charge in [-0.05, 0) is 78.1 Å². The Hall–Kier alpha value is -4.26. The Balaban J connectivity index is 0.000000514. The van der Waals surface area contributed by atoms with Crippen molar-refractivity contribution >= 4 is 53.5 Å². The smallest absolute Gasteiger partial charge is 0.405 e. The number of ether oxygens (including phenoxy) is 6. The van der Waals surface area contributed by atoms with Gasteiger partial charge in [0.25, 0.3) is 0 Å². The molecule has 5 fully saturated rings. The number of hydrogen-bond donors (Lipinski definition) is 9. The van der Waals surface area contributed by atoms with Crippen LogP contribution in [0, 0.1) is 17.8 Å². The number of unbranched alkanes of at least 4 members (excludes halogenated alkanes) is 1. The van der Waals surface area contributed by atoms with E-state index in [0.717, 1.165) is 25.4 Å². The molecular weight excluding hydrogens is 959 g/mol. The van der Waals surface area contributed by atoms with E-state index < -0.39 is 36.0 Å². The number of carbonyl (C=O) groups is 7. The van der Waals surface area contributed by atoms with Crippen molar-refractivity contribution in [1.82, 2.24) is 37.2 Å². The minimum absolute atomic E-state index is 0.0723. The number of aliphatic carboxylic acids is 1. The van der Waals surface area contributed by atoms with E-state index in [1.807, 2.05) is 0 Å². The lowest BCUT2D eigenvalue weighted by atomic mass is 9.63. The van der Waals surface area contributed by atoms with Gasteiger partial charge in [-0.25, -0.2) is 14.4 Å². The largest absolute Gasteiger partial charge is 0.480 e. The fourth-order valence-corrected chi connectivity index (χ4v) is 11.0. The molecule has 7 amide bonds. The van der Waals surface area contributed by atoms with Crippen molar-refractivity contribution in [3.8, 4) is 0 Å². The monoisotopic (exact) mass is 1040 g/mol. The van der Waals surface area contributed by atoms with Gasteiger partial charge in [0, 0.05) is 48.9 Å². The summed E-state index contributed by atoms with van der Waals surface area (Å²) in [5, 5.41) is 37.1. The zero-order valence-electron chi connectivity index (χ0n) is 43.0. The molecule has 22 nitrogen and oxygen atoms in total. The summed E-state index contributed by atoms with van der Waals surface area (Å²) in [6, 6.07) is -1.82. The van der Waals surface area contributed by atoms with Gasteiger partial charge in [0.05, 0.1) is 76.1 Å². The Morgan fingerprint density at radius 1 is 0.819 bits per heavy atom. The first kappa shape index (κ1) is 60.3. The molecule has 4 heterocycles. The van der Waals surface area contributed by atoms with E-state index in [9.17, 15) is 38.7 Å². The van der Waals surface area contributed by atoms with Crippen molar-refractivity contribution in [2.75, 3.05) is 91.5 Å². The zero-order valence-corrected chi connectivity index (χ0v) is 43.8. The van der Waals surface area contributed by atoms with Crippen molar-refractivity contribution < 1.29 is 72.2 Å². The molecule has 0 aromatic rings. The Morgan fingerprint density at radius 2 is 1.49 bits per heavy atom. The van der Waals surface area contributed by atoms with Crippen LogP contribution in [-0.2, 0) is 52.4 Å². The number of epoxide rings is 1. The SMILES string of the molecule is CC(C)=CCC1CO[C@]1(C)C1CCCC[C@]12CO2.CC(C)[C@@H](NC(=O)O)C(=O)NCCOCCOCC(=O)NCCOCCOCC(=O)NC(CCCCNC(=O)CCCC1SCC2NC(=O)NC21)C(=O)O. The highest BCUT2D eigenvalue weighted by Gasteiger charge is 2.63. The molecule has 72 heavy (non-hydrogen) atoms. The number of carboxylic acid groups (broad SMARTS) is 2. The van der Waals surface area contributed by atoms with Gasteiger partial charge in [-0.2, -0.15) is 11.8 Å². The fraction of sp³-hybridized carbons (Fsp3) is 0.816. The number of carbonyl (C=O) groups excluding carboxylic acids is 5. The van der Waals surface area contributed by atoms with E-state index in [1.165, 1.54) is 37.7 Å². The molecule has 4 saturated heterocycles. The van der Waals surface area contributed by atoms with Gasteiger partial charge in [0.15, 0.2) is 0 Å². The van der Waals surface area contributed by atoms with E-state index >= 15 is 0 Å². The molecule has 0 radical (unpaired) electrons. The van der Waals surface area contributed by atoms with Gasteiger partial charge in [-0.3, -0.25) is 19.2 Å². The molecule has 1 aliphatic carbocycles. The average molecular weight is 1040 g/mol. The highest BCUT2D eigenvalue weighted by atomic mass is 32.2. The molecule has 5 rings (SSSR count). The maximum Gasteiger partial charge on any atom is 0.405 e. The van der Waals surface area contributed by atoms with Crippen LogP contribution in [0.15, 0.2) is 11.6 Å². The summed E-state index contributed by atoms with van der Waals surface area (Å²) in [6.45, 7) is 13.3. The Bertz CT molecular complexity index is 1790. The highest BCUT2D eigenvalue weighted by Crippen LogP contribution is 2.56. The topological polar surface area (TPSA) is 303 Å². The summed E-state index contributed by atoms with van der Waals surface area (Å²) in [6.07, 6.45) is 10.7. The van der Waals surface area contributed by atoms with Crippen LogP contribution in [0.2, 0.25) is 0 Å². The Labute approximate surface area is 428 Å². The summed E-state index contributed by atoms with van der Waals surface area (Å²) in [4.78, 5) is 82.2. The number of nitrogens with one attached hydrogen (secondary N) is 7. The minimum atomic E-state index is -1.28. The zero-order chi connectivity index (χ0) is 52.5. The standard InChI is InChI=1S/C33H57N7O13S.C16H26O2/c1-21(2)28(40-33(48)49)30(44)36-11-13-51-14-16-52-18-26(42)35-10-12-50-15-17-53-19-27(43)37-22(31(45)46)6-3-4-9-34-25(41)8-5-7-24-29-23(20-54-24)38-32(47)39-29;1-12(2)7-8-13-10-17-15(13,3)14-6-4-5-9-16(14)11-18-16/h21-24,28-29,40H,3-20H2,1-2H3,(H,34,41)(H,35,42)(H,36,44)(H,37,43)(H,45,46)(H,48,49)(H2,38,39,47);7,13-14H,4-6,8-11H2,1-3H3/t22?,23?,24?,28-,29?;13?,14?,15-,16-/m10/s1. The van der Waals surface area contributed by atoms with Crippen molar-refractivity contribution in [3.05, 3.63) is 11.6 Å². The molecule has 23 heteroatoms. The van der Waals surface area contributed by atoms with Gasteiger partial charge in [0.1, 0.15) is 25.3 Å². The van der Waals surface area contributed by atoms with E-state index in [0.29, 0.717) is 49.3 Å². The van der Waals surface area contributed by atoms with Gasteiger partial charge in [-0.15, -0.1) is 0 Å². The predicted molar refractivity (Wildman–Crippen MR) is 267 cm³/mol. The third-order valence-corrected chi connectivity index (χ3v) is 15.2. The third-order valence-electron chi connectivity index (χ3n) is 13.7. The number of amides is 7. The number of thioether (sulfide) groups is 1. The summed E-state index contributed by atoms with van der Waals surface area (Å²) in [7, 11) is 0. The van der Waals surface area contributed by atoms with Crippen LogP contribution in [0.25, 0.3) is 0 Å². The maximum atomic E-state index is 12.2. The quantitative estimate of drug-likeness (QED) is 0.0197. The van der Waals surface area contributed by atoms with Crippen LogP contribution < -0.4 is 37.2 Å². The van der Waals surface area contributed by atoms with E-state index in [1.54, 1.807) is 25.6 Å². The van der Waals surface area contributed by atoms with Crippen LogP contribution in [0.3, 0.4) is 0 Å². The summed E-state index contributed by atoms with van der Waals surface area (Å²) in [5.41, 5.74) is 1.70. The van der Waals surface area contributed by atoms with Gasteiger partial charge >= 0.3 is 18.1 Å². The predicted octanol–water partition coefficient (Wildman–Crippen LogP) is 2.48. The van der Waals surface area contributed by atoms with Crippen LogP contribution in [0.5, 0.6) is 0 Å². The second-order valence-corrected chi connectivity index (χ2v) is 21.1. The molecule has 4 aliphatic heterocycles. The van der Waals surface area contributed by atoms with Crippen molar-refractivity contribution in [2.24, 2.45) is 17.8 Å². The third kappa shape index (κ3) is 20.9. The first-order valence-electron chi connectivity index (χ1n) is 25.7. The first-order valence-corrected chi connectivity index (χ1v) is 26.7. The molecule has 6 unspecified atom stereocenters. The lowest BCUT2D eigenvalue weighted by Crippen LogP contribution is -2.60. The molecular formula is C49H83N7O15S. The number of fused-ring (bicyclic) bond motifs is 1. The molecule has 9 atom stereocenters. The molecule has 5 aliphatic rings. The molecule has 9 N–H and O–H groups in total. The Morgan fingerprint density at radius 3 is 2.11 bits per heavy atom. The maximum absolute atomic E-state index is 12.2. The molecule has 1 saturated carbocycles. The van der Waals surface area contributed by atoms with Gasteiger partial charge < -0.3 is 75.9 Å². The first-order chi connectivity index (χ1) is 34.4. The molecule has 0 aromatic carbocycles. The average Bonchev–Trinajstić information content (AvgIpc) is 3.84. The number of urea groups is 1. The van der Waals surface area contributed by atoms with E-state index in [4.69, 9.17) is 33.5 Å². The molecule has 1 spiro atoms. The van der Waals surface area contributed by atoms with Crippen LogP contribution in [0.1, 0.15) is 105 Å². The van der Waals surface area contributed by atoms with Gasteiger partial charge in [-0.1, -0.05) is 38.3 Å². The van der Waals surface area contributed by atoms with Crippen molar-refractivity contribution in [3.63, 3.8) is 0 Å². The number of allylic oxidation sites excluding steroid dienone is 2. The highest BCUT2D eigenvalue weighted by molar-refractivity contribution is 8.00. The van der Waals surface area contributed by atoms with E-state index in [2.05, 4.69) is 64.1 Å². The second-order valence-electron chi connectivity index (χ2n) is 19.8.